The predicted octanol–water partition coefficient (Wildman–Crippen LogP) is 4.87. The second-order valence-corrected chi connectivity index (χ2v) is 8.20. The number of nitrogens with zero attached hydrogens (tertiary/aromatic N) is 3. The molecule has 1 aliphatic heterocycles. The Bertz CT molecular complexity index is 1480. The van der Waals surface area contributed by atoms with Gasteiger partial charge in [0.1, 0.15) is 11.9 Å². The summed E-state index contributed by atoms with van der Waals surface area (Å²) in [4.78, 5) is 17.6. The number of aliphatic hydroxyl groups excluding tert-OH is 1. The maximum absolute atomic E-state index is 13.5. The molecule has 10 heteroatoms. The fraction of sp³-hybridized carbons (Fsp3) is 0.160. The van der Waals surface area contributed by atoms with Crippen molar-refractivity contribution in [1.29, 1.82) is 0 Å². The topological polar surface area (TPSA) is 92.1 Å². The van der Waals surface area contributed by atoms with E-state index < -0.39 is 23.7 Å². The summed E-state index contributed by atoms with van der Waals surface area (Å²) >= 11 is 0. The molecule has 1 atom stereocenters. The van der Waals surface area contributed by atoms with Gasteiger partial charge in [-0.05, 0) is 48.2 Å². The zero-order valence-corrected chi connectivity index (χ0v) is 18.5. The molecule has 0 spiro atoms. The lowest BCUT2D eigenvalue weighted by atomic mass is 9.93. The van der Waals surface area contributed by atoms with Crippen LogP contribution in [0.5, 0.6) is 0 Å². The third-order valence-electron chi connectivity index (χ3n) is 5.86. The Hall–Kier alpha value is -4.18. The summed E-state index contributed by atoms with van der Waals surface area (Å²) in [6, 6.07) is 12.6. The fourth-order valence-electron chi connectivity index (χ4n) is 4.25. The van der Waals surface area contributed by atoms with Gasteiger partial charge in [-0.25, -0.2) is 4.68 Å². The molecule has 1 amide bonds. The molecule has 3 heterocycles. The molecule has 35 heavy (non-hydrogen) atoms. The molecule has 178 valence electrons. The minimum absolute atomic E-state index is 0.208. The van der Waals surface area contributed by atoms with Crippen LogP contribution in [0.15, 0.2) is 78.3 Å². The SMILES string of the molecule is CC1=C(C(=O)Nc2ccc3cnccc3c2)C(c2cccc(C(F)(F)F)c2)n2nc(CO)cc2N1. The molecular weight excluding hydrogens is 459 g/mol. The molecule has 2 aromatic heterocycles. The molecule has 0 saturated heterocycles. The van der Waals surface area contributed by atoms with Crippen LogP contribution in [-0.2, 0) is 17.6 Å². The lowest BCUT2D eigenvalue weighted by Crippen LogP contribution is -2.31. The highest BCUT2D eigenvalue weighted by atomic mass is 19.4. The van der Waals surface area contributed by atoms with Gasteiger partial charge in [-0.15, -0.1) is 0 Å². The molecule has 0 bridgehead atoms. The van der Waals surface area contributed by atoms with Crippen molar-refractivity contribution in [2.75, 3.05) is 10.6 Å². The van der Waals surface area contributed by atoms with Gasteiger partial charge in [0.05, 0.1) is 23.4 Å². The normalized spacial score (nSPS) is 15.6. The quantitative estimate of drug-likeness (QED) is 0.389. The van der Waals surface area contributed by atoms with Crippen LogP contribution in [0.2, 0.25) is 0 Å². The van der Waals surface area contributed by atoms with Gasteiger partial charge < -0.3 is 15.7 Å². The number of amides is 1. The van der Waals surface area contributed by atoms with Gasteiger partial charge in [0, 0.05) is 35.2 Å². The van der Waals surface area contributed by atoms with Crippen LogP contribution < -0.4 is 10.6 Å². The largest absolute Gasteiger partial charge is 0.416 e. The standard InChI is InChI=1S/C25H20F3N5O2/c1-14-22(24(35)31-19-6-5-17-12-29-8-7-15(17)10-19)23(33-21(30-14)11-20(13-34)32-33)16-3-2-4-18(9-16)25(26,27)28/h2-12,23,30,34H,13H2,1H3,(H,31,35). The second kappa shape index (κ2) is 8.55. The molecule has 7 nitrogen and oxygen atoms in total. The minimum atomic E-state index is -4.55. The van der Waals surface area contributed by atoms with Crippen LogP contribution in [0, 0.1) is 0 Å². The van der Waals surface area contributed by atoms with E-state index in [2.05, 4.69) is 20.7 Å². The van der Waals surface area contributed by atoms with Gasteiger partial charge in [0.15, 0.2) is 0 Å². The highest BCUT2D eigenvalue weighted by Crippen LogP contribution is 2.39. The molecule has 0 aliphatic carbocycles. The number of aromatic nitrogens is 3. The van der Waals surface area contributed by atoms with E-state index in [9.17, 15) is 23.1 Å². The highest BCUT2D eigenvalue weighted by molar-refractivity contribution is 6.06. The van der Waals surface area contributed by atoms with Crippen molar-refractivity contribution in [3.63, 3.8) is 0 Å². The van der Waals surface area contributed by atoms with E-state index >= 15 is 0 Å². The molecule has 0 radical (unpaired) electrons. The van der Waals surface area contributed by atoms with Crippen LogP contribution in [0.1, 0.15) is 29.8 Å². The Morgan fingerprint density at radius 2 is 1.97 bits per heavy atom. The van der Waals surface area contributed by atoms with Gasteiger partial charge >= 0.3 is 6.18 Å². The maximum atomic E-state index is 13.5. The summed E-state index contributed by atoms with van der Waals surface area (Å²) in [5.74, 6) is -0.0266. The van der Waals surface area contributed by atoms with Crippen molar-refractivity contribution < 1.29 is 23.1 Å². The average Bonchev–Trinajstić information content (AvgIpc) is 3.25. The summed E-state index contributed by atoms with van der Waals surface area (Å²) in [5.41, 5.74) is 0.932. The average molecular weight is 479 g/mol. The Morgan fingerprint density at radius 1 is 1.14 bits per heavy atom. The van der Waals surface area contributed by atoms with E-state index in [1.54, 1.807) is 37.5 Å². The van der Waals surface area contributed by atoms with Crippen LogP contribution in [0.4, 0.5) is 24.7 Å². The first-order valence-electron chi connectivity index (χ1n) is 10.7. The van der Waals surface area contributed by atoms with E-state index in [0.29, 0.717) is 22.9 Å². The zero-order valence-electron chi connectivity index (χ0n) is 18.5. The van der Waals surface area contributed by atoms with Crippen LogP contribution in [-0.4, -0.2) is 25.8 Å². The molecular formula is C25H20F3N5O2. The van der Waals surface area contributed by atoms with Gasteiger partial charge in [0.2, 0.25) is 0 Å². The number of fused-ring (bicyclic) bond motifs is 2. The number of carbonyl (C=O) groups excluding carboxylic acids is 1. The van der Waals surface area contributed by atoms with E-state index in [-0.39, 0.29) is 17.7 Å². The van der Waals surface area contributed by atoms with Crippen molar-refractivity contribution in [3.05, 3.63) is 95.1 Å². The molecule has 1 aliphatic rings. The van der Waals surface area contributed by atoms with Gasteiger partial charge in [-0.2, -0.15) is 18.3 Å². The molecule has 4 aromatic rings. The number of anilines is 2. The molecule has 0 fully saturated rings. The van der Waals surface area contributed by atoms with Gasteiger partial charge in [-0.3, -0.25) is 9.78 Å². The third kappa shape index (κ3) is 4.24. The number of alkyl halides is 3. The molecule has 5 rings (SSSR count). The summed E-state index contributed by atoms with van der Waals surface area (Å²) in [6.45, 7) is 1.32. The minimum Gasteiger partial charge on any atom is -0.390 e. The molecule has 3 N–H and O–H groups in total. The predicted molar refractivity (Wildman–Crippen MR) is 124 cm³/mol. The maximum Gasteiger partial charge on any atom is 0.416 e. The monoisotopic (exact) mass is 479 g/mol. The Balaban J connectivity index is 1.58. The molecule has 2 aromatic carbocycles. The number of hydrogen-bond acceptors (Lipinski definition) is 5. The summed E-state index contributed by atoms with van der Waals surface area (Å²) in [7, 11) is 0. The smallest absolute Gasteiger partial charge is 0.390 e. The van der Waals surface area contributed by atoms with Crippen molar-refractivity contribution in [1.82, 2.24) is 14.8 Å². The van der Waals surface area contributed by atoms with E-state index in [1.807, 2.05) is 12.1 Å². The number of halogens is 3. The zero-order chi connectivity index (χ0) is 24.7. The van der Waals surface area contributed by atoms with Gasteiger partial charge in [-0.1, -0.05) is 18.2 Å². The van der Waals surface area contributed by atoms with Crippen LogP contribution in [0.25, 0.3) is 10.8 Å². The summed E-state index contributed by atoms with van der Waals surface area (Å²) < 4.78 is 41.8. The van der Waals surface area contributed by atoms with Crippen molar-refractivity contribution in [2.24, 2.45) is 0 Å². The Morgan fingerprint density at radius 3 is 2.74 bits per heavy atom. The van der Waals surface area contributed by atoms with Crippen molar-refractivity contribution in [3.8, 4) is 0 Å². The fourth-order valence-corrected chi connectivity index (χ4v) is 4.25. The number of benzene rings is 2. The third-order valence-corrected chi connectivity index (χ3v) is 5.86. The summed E-state index contributed by atoms with van der Waals surface area (Å²) in [5, 5.41) is 21.6. The highest BCUT2D eigenvalue weighted by Gasteiger charge is 2.36. The Labute approximate surface area is 197 Å². The summed E-state index contributed by atoms with van der Waals surface area (Å²) in [6.07, 6.45) is -1.19. The van der Waals surface area contributed by atoms with E-state index in [0.717, 1.165) is 22.9 Å². The Kier molecular flexibility index (Phi) is 5.52. The number of carbonyl (C=O) groups is 1. The number of hydrogen-bond donors (Lipinski definition) is 3. The number of allylic oxidation sites excluding steroid dienone is 1. The van der Waals surface area contributed by atoms with Gasteiger partial charge in [0.25, 0.3) is 5.91 Å². The molecule has 1 unspecified atom stereocenters. The van der Waals surface area contributed by atoms with Crippen molar-refractivity contribution in [2.45, 2.75) is 25.7 Å². The second-order valence-electron chi connectivity index (χ2n) is 8.20. The first-order chi connectivity index (χ1) is 16.7. The van der Waals surface area contributed by atoms with Crippen LogP contribution >= 0.6 is 0 Å². The first kappa shape index (κ1) is 22.6. The number of pyridine rings is 1. The van der Waals surface area contributed by atoms with Crippen LogP contribution in [0.3, 0.4) is 0 Å². The number of aliphatic hydroxyl groups is 1. The van der Waals surface area contributed by atoms with Crippen molar-refractivity contribution >= 4 is 28.2 Å². The number of nitrogens with one attached hydrogen (secondary N) is 2. The first-order valence-corrected chi connectivity index (χ1v) is 10.7. The van der Waals surface area contributed by atoms with E-state index in [1.165, 1.54) is 16.8 Å². The lowest BCUT2D eigenvalue weighted by Gasteiger charge is -2.30. The lowest BCUT2D eigenvalue weighted by molar-refractivity contribution is -0.137. The molecule has 0 saturated carbocycles. The number of rotatable bonds is 4. The van der Waals surface area contributed by atoms with E-state index in [4.69, 9.17) is 0 Å².